The predicted molar refractivity (Wildman–Crippen MR) is 51.1 cm³/mol. The van der Waals surface area contributed by atoms with Crippen LogP contribution >= 0.6 is 0 Å². The van der Waals surface area contributed by atoms with E-state index in [9.17, 15) is 18.4 Å². The fraction of sp³-hybridized carbons (Fsp3) is 0.778. The molecule has 0 aromatic heterocycles. The van der Waals surface area contributed by atoms with Gasteiger partial charge in [-0.05, 0) is 6.92 Å². The monoisotopic (exact) mass is 239 g/mol. The first-order chi connectivity index (χ1) is 7.56. The van der Waals surface area contributed by atoms with Crippen LogP contribution in [0.2, 0.25) is 0 Å². The lowest BCUT2D eigenvalue weighted by molar-refractivity contribution is -0.143. The lowest BCUT2D eigenvalue weighted by Crippen LogP contribution is -2.31. The van der Waals surface area contributed by atoms with Crippen molar-refractivity contribution in [3.8, 4) is 0 Å². The zero-order valence-electron chi connectivity index (χ0n) is 9.00. The second-order valence-electron chi connectivity index (χ2n) is 2.80. The fourth-order valence-corrected chi connectivity index (χ4v) is 0.808. The maximum absolute atomic E-state index is 11.6. The van der Waals surface area contributed by atoms with Crippen LogP contribution in [0, 0.1) is 0 Å². The number of carbonyl (C=O) groups excluding carboxylic acids is 2. The molecule has 5 nitrogen and oxygen atoms in total. The molecule has 0 rings (SSSR count). The molecule has 0 atom stereocenters. The number of ether oxygens (including phenoxy) is 2. The van der Waals surface area contributed by atoms with Crippen molar-refractivity contribution in [2.45, 2.75) is 19.8 Å². The van der Waals surface area contributed by atoms with E-state index in [2.05, 4.69) is 14.8 Å². The van der Waals surface area contributed by atoms with Crippen molar-refractivity contribution < 1.29 is 27.8 Å². The largest absolute Gasteiger partial charge is 0.465 e. The van der Waals surface area contributed by atoms with Crippen LogP contribution in [0.25, 0.3) is 0 Å². The van der Waals surface area contributed by atoms with E-state index >= 15 is 0 Å². The molecule has 0 saturated carbocycles. The first kappa shape index (κ1) is 14.8. The topological polar surface area (TPSA) is 64.6 Å². The second kappa shape index (κ2) is 9.02. The summed E-state index contributed by atoms with van der Waals surface area (Å²) in [5.41, 5.74) is 0. The molecule has 1 amide bonds. The minimum Gasteiger partial charge on any atom is -0.465 e. The van der Waals surface area contributed by atoms with E-state index in [4.69, 9.17) is 0 Å². The van der Waals surface area contributed by atoms with Gasteiger partial charge in [-0.25, -0.2) is 8.78 Å². The van der Waals surface area contributed by atoms with E-state index in [1.54, 1.807) is 6.92 Å². The predicted octanol–water partition coefficient (Wildman–Crippen LogP) is 0.337. The Morgan fingerprint density at radius 3 is 2.62 bits per heavy atom. The molecular formula is C9H15F2NO4. The average Bonchev–Trinajstić information content (AvgIpc) is 2.22. The highest BCUT2D eigenvalue weighted by atomic mass is 19.3. The Balaban J connectivity index is 3.41. The molecule has 0 fully saturated rings. The molecule has 0 saturated heterocycles. The van der Waals surface area contributed by atoms with Crippen LogP contribution in [0.3, 0.4) is 0 Å². The number of nitrogens with one attached hydrogen (secondary N) is 1. The van der Waals surface area contributed by atoms with E-state index in [0.29, 0.717) is 0 Å². The van der Waals surface area contributed by atoms with Crippen LogP contribution in [0.1, 0.15) is 13.3 Å². The van der Waals surface area contributed by atoms with Crippen molar-refractivity contribution in [3.63, 3.8) is 0 Å². The summed E-state index contributed by atoms with van der Waals surface area (Å²) in [5.74, 6) is -0.980. The van der Waals surface area contributed by atoms with Crippen LogP contribution in [-0.2, 0) is 19.1 Å². The lowest BCUT2D eigenvalue weighted by Gasteiger charge is -2.05. The highest BCUT2D eigenvalue weighted by Crippen LogP contribution is 1.93. The fourth-order valence-electron chi connectivity index (χ4n) is 0.808. The van der Waals surface area contributed by atoms with Gasteiger partial charge in [0.15, 0.2) is 0 Å². The number of halogens is 2. The third kappa shape index (κ3) is 9.32. The molecule has 0 aliphatic heterocycles. The van der Waals surface area contributed by atoms with Crippen LogP contribution in [-0.4, -0.2) is 44.7 Å². The Morgan fingerprint density at radius 1 is 1.38 bits per heavy atom. The quantitative estimate of drug-likeness (QED) is 0.490. The standard InChI is InChI=1S/C9H15F2NO4/c1-2-16-9(14)5-12-8(13)3-4-15-6-7(10)11/h7H,2-6H2,1H3,(H,12,13). The van der Waals surface area contributed by atoms with E-state index < -0.39 is 24.9 Å². The van der Waals surface area contributed by atoms with Gasteiger partial charge in [-0.15, -0.1) is 0 Å². The first-order valence-corrected chi connectivity index (χ1v) is 4.84. The van der Waals surface area contributed by atoms with Crippen molar-refractivity contribution in [2.75, 3.05) is 26.4 Å². The highest BCUT2D eigenvalue weighted by Gasteiger charge is 2.07. The number of amides is 1. The summed E-state index contributed by atoms with van der Waals surface area (Å²) in [5, 5.41) is 2.27. The van der Waals surface area contributed by atoms with Crippen molar-refractivity contribution in [1.82, 2.24) is 5.32 Å². The van der Waals surface area contributed by atoms with Gasteiger partial charge in [-0.1, -0.05) is 0 Å². The SMILES string of the molecule is CCOC(=O)CNC(=O)CCOCC(F)F. The lowest BCUT2D eigenvalue weighted by atomic mass is 10.4. The minimum absolute atomic E-state index is 0.0634. The summed E-state index contributed by atoms with van der Waals surface area (Å²) in [6.45, 7) is 0.885. The van der Waals surface area contributed by atoms with Gasteiger partial charge in [0, 0.05) is 6.42 Å². The molecule has 0 spiro atoms. The zero-order valence-corrected chi connectivity index (χ0v) is 9.00. The van der Waals surface area contributed by atoms with Crippen LogP contribution in [0.5, 0.6) is 0 Å². The molecule has 1 N–H and O–H groups in total. The van der Waals surface area contributed by atoms with Gasteiger partial charge in [0.05, 0.1) is 13.2 Å². The van der Waals surface area contributed by atoms with E-state index in [1.807, 2.05) is 0 Å². The van der Waals surface area contributed by atoms with Crippen molar-refractivity contribution in [3.05, 3.63) is 0 Å². The molecule has 0 bridgehead atoms. The molecule has 7 heteroatoms. The van der Waals surface area contributed by atoms with Gasteiger partial charge in [0.1, 0.15) is 13.2 Å². The molecule has 0 heterocycles. The number of hydrogen-bond acceptors (Lipinski definition) is 4. The van der Waals surface area contributed by atoms with Gasteiger partial charge in [0.25, 0.3) is 6.43 Å². The van der Waals surface area contributed by atoms with Crippen molar-refractivity contribution >= 4 is 11.9 Å². The number of hydrogen-bond donors (Lipinski definition) is 1. The Hall–Kier alpha value is -1.24. The highest BCUT2D eigenvalue weighted by molar-refractivity contribution is 5.81. The molecular weight excluding hydrogens is 224 g/mol. The van der Waals surface area contributed by atoms with Crippen LogP contribution in [0.4, 0.5) is 8.78 Å². The third-order valence-electron chi connectivity index (χ3n) is 1.45. The normalized spacial score (nSPS) is 10.2. The third-order valence-corrected chi connectivity index (χ3v) is 1.45. The van der Waals surface area contributed by atoms with Gasteiger partial charge >= 0.3 is 5.97 Å². The molecule has 0 aliphatic carbocycles. The minimum atomic E-state index is -2.54. The second-order valence-corrected chi connectivity index (χ2v) is 2.80. The van der Waals surface area contributed by atoms with Gasteiger partial charge in [0.2, 0.25) is 5.91 Å². The molecule has 16 heavy (non-hydrogen) atoms. The van der Waals surface area contributed by atoms with E-state index in [1.165, 1.54) is 0 Å². The maximum Gasteiger partial charge on any atom is 0.325 e. The first-order valence-electron chi connectivity index (χ1n) is 4.84. The van der Waals surface area contributed by atoms with E-state index in [-0.39, 0.29) is 26.2 Å². The average molecular weight is 239 g/mol. The molecule has 0 unspecified atom stereocenters. The summed E-state index contributed by atoms with van der Waals surface area (Å²) in [6, 6.07) is 0. The number of carbonyl (C=O) groups is 2. The molecule has 0 radical (unpaired) electrons. The Kier molecular flexibility index (Phi) is 8.32. The molecule has 0 aromatic carbocycles. The van der Waals surface area contributed by atoms with Gasteiger partial charge in [-0.3, -0.25) is 9.59 Å². The van der Waals surface area contributed by atoms with Crippen molar-refractivity contribution in [1.29, 1.82) is 0 Å². The van der Waals surface area contributed by atoms with Gasteiger partial charge in [-0.2, -0.15) is 0 Å². The Bertz CT molecular complexity index is 224. The number of rotatable bonds is 8. The zero-order chi connectivity index (χ0) is 12.4. The smallest absolute Gasteiger partial charge is 0.325 e. The summed E-state index contributed by atoms with van der Waals surface area (Å²) in [7, 11) is 0. The Labute approximate surface area is 92.1 Å². The number of esters is 1. The van der Waals surface area contributed by atoms with Crippen LogP contribution in [0.15, 0.2) is 0 Å². The summed E-state index contributed by atoms with van der Waals surface area (Å²) >= 11 is 0. The molecule has 0 aliphatic rings. The molecule has 94 valence electrons. The van der Waals surface area contributed by atoms with Crippen LogP contribution < -0.4 is 5.32 Å². The summed E-state index contributed by atoms with van der Waals surface area (Å²) in [4.78, 5) is 21.8. The van der Waals surface area contributed by atoms with Gasteiger partial charge < -0.3 is 14.8 Å². The Morgan fingerprint density at radius 2 is 2.06 bits per heavy atom. The maximum atomic E-state index is 11.6. The van der Waals surface area contributed by atoms with E-state index in [0.717, 1.165) is 0 Å². The summed E-state index contributed by atoms with van der Waals surface area (Å²) < 4.78 is 32.3. The summed E-state index contributed by atoms with van der Waals surface area (Å²) in [6.07, 6.45) is -2.60. The number of alkyl halides is 2. The van der Waals surface area contributed by atoms with Crippen molar-refractivity contribution in [2.24, 2.45) is 0 Å². The molecule has 0 aromatic rings.